The van der Waals surface area contributed by atoms with Gasteiger partial charge in [-0.3, -0.25) is 0 Å². The molecule has 0 radical (unpaired) electrons. The number of carbonyl (C=O) groups excluding carboxylic acids is 1. The van der Waals surface area contributed by atoms with Crippen molar-refractivity contribution in [2.45, 2.75) is 103 Å². The van der Waals surface area contributed by atoms with Crippen molar-refractivity contribution in [1.29, 1.82) is 0 Å². The third-order valence-corrected chi connectivity index (χ3v) is 7.63. The Morgan fingerprint density at radius 2 is 1.38 bits per heavy atom. The molecule has 220 valence electrons. The number of carbonyl (C=O) groups is 1. The minimum Gasteiger partial charge on any atom is -1.00 e. The summed E-state index contributed by atoms with van der Waals surface area (Å²) in [5.74, 6) is 0.790. The second-order valence-electron chi connectivity index (χ2n) is 10.4. The fourth-order valence-electron chi connectivity index (χ4n) is 4.70. The minimum absolute atomic E-state index is 0. The smallest absolute Gasteiger partial charge is 0.323 e. The molecule has 7 heteroatoms. The Morgan fingerprint density at radius 3 is 1.98 bits per heavy atom. The molecule has 0 aliphatic rings. The van der Waals surface area contributed by atoms with E-state index in [1.807, 2.05) is 48.5 Å². The van der Waals surface area contributed by atoms with Crippen molar-refractivity contribution in [1.82, 2.24) is 0 Å². The highest BCUT2D eigenvalue weighted by Gasteiger charge is 2.06. The summed E-state index contributed by atoms with van der Waals surface area (Å²) in [6, 6.07) is 15.3. The van der Waals surface area contributed by atoms with Crippen molar-refractivity contribution in [2.75, 3.05) is 17.2 Å². The van der Waals surface area contributed by atoms with Crippen molar-refractivity contribution in [3.63, 3.8) is 0 Å². The lowest BCUT2D eigenvalue weighted by atomic mass is 10.0. The number of aromatic nitrogens is 1. The second kappa shape index (κ2) is 21.4. The highest BCUT2D eigenvalue weighted by Crippen LogP contribution is 2.19. The molecule has 0 aliphatic carbocycles. The molecule has 40 heavy (non-hydrogen) atoms. The van der Waals surface area contributed by atoms with Crippen molar-refractivity contribution in [3.05, 3.63) is 71.2 Å². The molecule has 1 aromatic heterocycles. The van der Waals surface area contributed by atoms with Gasteiger partial charge in [0.1, 0.15) is 5.75 Å². The molecule has 3 aromatic rings. The fraction of sp³-hybridized carbons (Fsp3) is 0.515. The van der Waals surface area contributed by atoms with Crippen LogP contribution in [0.15, 0.2) is 65.6 Å². The molecule has 5 nitrogen and oxygen atoms in total. The van der Waals surface area contributed by atoms with Crippen LogP contribution in [0.4, 0.5) is 16.2 Å². The summed E-state index contributed by atoms with van der Waals surface area (Å²) in [6.45, 7) is 3.81. The number of nitrogens with one attached hydrogen (secondary N) is 2. The van der Waals surface area contributed by atoms with Gasteiger partial charge in [0, 0.05) is 23.0 Å². The maximum Gasteiger partial charge on any atom is 0.323 e. The number of hydrogen-bond donors (Lipinski definition) is 2. The standard InChI is InChI=1S/C33H47N3O2S.BrH/c1-2-3-4-5-6-7-8-9-10-11-12-13-14-15-24-38-32-18-16-17-31(26-32)35-33(37)34-30-21-19-29(20-22-30)27-36-23-25-39-28-36;/h16-23,25-26,28H,2-15,24,27H2,1H3,(H-,34,35,37);1H. The van der Waals surface area contributed by atoms with E-state index in [0.717, 1.165) is 30.1 Å². The largest absolute Gasteiger partial charge is 1.00 e. The maximum atomic E-state index is 12.5. The first-order valence-corrected chi connectivity index (χ1v) is 16.0. The summed E-state index contributed by atoms with van der Waals surface area (Å²) in [5.41, 5.74) is 4.75. The van der Waals surface area contributed by atoms with E-state index in [-0.39, 0.29) is 23.0 Å². The van der Waals surface area contributed by atoms with Crippen LogP contribution in [-0.2, 0) is 6.54 Å². The van der Waals surface area contributed by atoms with Crippen LogP contribution >= 0.6 is 11.3 Å². The van der Waals surface area contributed by atoms with Crippen molar-refractivity contribution >= 4 is 28.7 Å². The van der Waals surface area contributed by atoms with Crippen LogP contribution in [0.25, 0.3) is 0 Å². The maximum absolute atomic E-state index is 12.5. The number of anilines is 2. The van der Waals surface area contributed by atoms with Gasteiger partial charge >= 0.3 is 6.03 Å². The number of nitrogens with zero attached hydrogens (tertiary/aromatic N) is 1. The Kier molecular flexibility index (Phi) is 18.1. The van der Waals surface area contributed by atoms with E-state index in [4.69, 9.17) is 4.74 Å². The number of rotatable bonds is 20. The van der Waals surface area contributed by atoms with E-state index in [9.17, 15) is 4.79 Å². The number of thiazole rings is 1. The molecule has 2 N–H and O–H groups in total. The molecule has 0 saturated heterocycles. The van der Waals surface area contributed by atoms with E-state index in [0.29, 0.717) is 6.61 Å². The molecule has 1 heterocycles. The predicted octanol–water partition coefficient (Wildman–Crippen LogP) is 6.59. The quantitative estimate of drug-likeness (QED) is 0.109. The van der Waals surface area contributed by atoms with E-state index in [2.05, 4.69) is 39.2 Å². The monoisotopic (exact) mass is 629 g/mol. The van der Waals surface area contributed by atoms with Crippen LogP contribution in [0, 0.1) is 0 Å². The van der Waals surface area contributed by atoms with Crippen LogP contribution in [-0.4, -0.2) is 12.6 Å². The summed E-state index contributed by atoms with van der Waals surface area (Å²) >= 11 is 1.67. The average Bonchev–Trinajstić information content (AvgIpc) is 3.45. The molecular weight excluding hydrogens is 582 g/mol. The molecule has 0 atom stereocenters. The van der Waals surface area contributed by atoms with Gasteiger partial charge in [0.15, 0.2) is 12.7 Å². The Hall–Kier alpha value is -2.38. The first-order valence-electron chi connectivity index (χ1n) is 15.0. The number of halogens is 1. The van der Waals surface area contributed by atoms with E-state index in [1.165, 1.54) is 89.0 Å². The summed E-state index contributed by atoms with van der Waals surface area (Å²) in [6.07, 6.45) is 21.0. The third-order valence-electron chi connectivity index (χ3n) is 6.96. The van der Waals surface area contributed by atoms with E-state index >= 15 is 0 Å². The van der Waals surface area contributed by atoms with Crippen LogP contribution < -0.4 is 36.9 Å². The van der Waals surface area contributed by atoms with Gasteiger partial charge in [-0.2, -0.15) is 4.57 Å². The molecule has 0 unspecified atom stereocenters. The Balaban J connectivity index is 0.00000560. The summed E-state index contributed by atoms with van der Waals surface area (Å²) in [5, 5.41) is 7.86. The van der Waals surface area contributed by atoms with Gasteiger partial charge in [0.05, 0.1) is 12.0 Å². The van der Waals surface area contributed by atoms with Crippen LogP contribution in [0.5, 0.6) is 5.75 Å². The first kappa shape index (κ1) is 33.8. The van der Waals surface area contributed by atoms with Gasteiger partial charge in [-0.25, -0.2) is 4.79 Å². The number of benzene rings is 2. The molecular formula is C33H48BrN3O2S. The van der Waals surface area contributed by atoms with Gasteiger partial charge in [-0.05, 0) is 30.7 Å². The molecule has 3 rings (SSSR count). The average molecular weight is 631 g/mol. The molecule has 0 aliphatic heterocycles. The SMILES string of the molecule is CCCCCCCCCCCCCCCCOc1cccc(NC(=O)Nc2ccc(C[n+]3ccsc3)cc2)c1.[Br-]. The molecule has 0 fully saturated rings. The zero-order valence-electron chi connectivity index (χ0n) is 24.2. The lowest BCUT2D eigenvalue weighted by Crippen LogP contribution is -3.00. The number of amides is 2. The Bertz CT molecular complexity index is 1040. The van der Waals surface area contributed by atoms with Gasteiger partial charge in [0.2, 0.25) is 5.51 Å². The Labute approximate surface area is 256 Å². The highest BCUT2D eigenvalue weighted by molar-refractivity contribution is 7.07. The van der Waals surface area contributed by atoms with Crippen molar-refractivity contribution in [2.24, 2.45) is 0 Å². The number of hydrogen-bond acceptors (Lipinski definition) is 3. The lowest BCUT2D eigenvalue weighted by molar-refractivity contribution is -0.683. The van der Waals surface area contributed by atoms with Crippen molar-refractivity contribution < 1.29 is 31.1 Å². The topological polar surface area (TPSA) is 54.2 Å². The number of unbranched alkanes of at least 4 members (excludes halogenated alkanes) is 13. The predicted molar refractivity (Wildman–Crippen MR) is 165 cm³/mol. The van der Waals surface area contributed by atoms with Gasteiger partial charge in [-0.15, -0.1) is 0 Å². The minimum atomic E-state index is -0.265. The summed E-state index contributed by atoms with van der Waals surface area (Å²) < 4.78 is 8.07. The van der Waals surface area contributed by atoms with Gasteiger partial charge in [0.25, 0.3) is 0 Å². The summed E-state index contributed by atoms with van der Waals surface area (Å²) in [4.78, 5) is 12.5. The lowest BCUT2D eigenvalue weighted by Gasteiger charge is -2.10. The third kappa shape index (κ3) is 14.8. The van der Waals surface area contributed by atoms with Gasteiger partial charge in [-0.1, -0.05) is 120 Å². The van der Waals surface area contributed by atoms with Crippen molar-refractivity contribution in [3.8, 4) is 5.75 Å². The highest BCUT2D eigenvalue weighted by atomic mass is 79.9. The van der Waals surface area contributed by atoms with E-state index in [1.54, 1.807) is 11.3 Å². The molecule has 0 saturated carbocycles. The van der Waals surface area contributed by atoms with Crippen LogP contribution in [0.3, 0.4) is 0 Å². The molecule has 0 bridgehead atoms. The van der Waals surface area contributed by atoms with E-state index < -0.39 is 0 Å². The van der Waals surface area contributed by atoms with Crippen LogP contribution in [0.1, 0.15) is 102 Å². The zero-order valence-corrected chi connectivity index (χ0v) is 26.6. The number of ether oxygens (including phenoxy) is 1. The second-order valence-corrected chi connectivity index (χ2v) is 11.2. The molecule has 2 amide bonds. The first-order chi connectivity index (χ1) is 19.2. The summed E-state index contributed by atoms with van der Waals surface area (Å²) in [7, 11) is 0. The number of urea groups is 1. The molecule has 0 spiro atoms. The fourth-order valence-corrected chi connectivity index (χ4v) is 5.30. The zero-order chi connectivity index (χ0) is 27.4. The Morgan fingerprint density at radius 1 is 0.775 bits per heavy atom. The molecule has 2 aromatic carbocycles. The normalized spacial score (nSPS) is 10.6. The van der Waals surface area contributed by atoms with Gasteiger partial charge < -0.3 is 32.4 Å². The van der Waals surface area contributed by atoms with Crippen LogP contribution in [0.2, 0.25) is 0 Å².